The van der Waals surface area contributed by atoms with Crippen molar-refractivity contribution in [3.8, 4) is 5.75 Å². The van der Waals surface area contributed by atoms with E-state index in [1.54, 1.807) is 12.4 Å². The minimum atomic E-state index is 0.526. The molecule has 3 aromatic rings. The fourth-order valence-electron chi connectivity index (χ4n) is 2.37. The summed E-state index contributed by atoms with van der Waals surface area (Å²) in [5.41, 5.74) is 3.45. The first kappa shape index (κ1) is 16.5. The normalized spacial score (nSPS) is 10.5. The van der Waals surface area contributed by atoms with Crippen LogP contribution in [0, 0.1) is 0 Å². The summed E-state index contributed by atoms with van der Waals surface area (Å²) in [4.78, 5) is 4.03. The number of nitrogens with one attached hydrogen (secondary N) is 1. The van der Waals surface area contributed by atoms with Crippen LogP contribution in [0.15, 0.2) is 73.1 Å². The van der Waals surface area contributed by atoms with Gasteiger partial charge >= 0.3 is 0 Å². The van der Waals surface area contributed by atoms with Crippen molar-refractivity contribution in [2.75, 3.05) is 0 Å². The highest BCUT2D eigenvalue weighted by Crippen LogP contribution is 2.20. The first-order valence-corrected chi connectivity index (χ1v) is 8.24. The molecule has 0 unspecified atom stereocenters. The van der Waals surface area contributed by atoms with Crippen molar-refractivity contribution in [2.45, 2.75) is 19.7 Å². The second-order valence-electron chi connectivity index (χ2n) is 5.48. The van der Waals surface area contributed by atoms with Gasteiger partial charge in [-0.15, -0.1) is 0 Å². The predicted molar refractivity (Wildman–Crippen MR) is 97.0 cm³/mol. The van der Waals surface area contributed by atoms with Crippen LogP contribution in [0.25, 0.3) is 0 Å². The zero-order chi connectivity index (χ0) is 16.6. The lowest BCUT2D eigenvalue weighted by molar-refractivity contribution is 0.302. The third-order valence-corrected chi connectivity index (χ3v) is 3.93. The lowest BCUT2D eigenvalue weighted by Gasteiger charge is -2.12. The van der Waals surface area contributed by atoms with Crippen LogP contribution in [0.4, 0.5) is 0 Å². The summed E-state index contributed by atoms with van der Waals surface area (Å²) in [5.74, 6) is 0.898. The van der Waals surface area contributed by atoms with E-state index in [0.717, 1.165) is 35.0 Å². The zero-order valence-electron chi connectivity index (χ0n) is 13.3. The van der Waals surface area contributed by atoms with E-state index in [1.807, 2.05) is 54.6 Å². The lowest BCUT2D eigenvalue weighted by Crippen LogP contribution is -2.13. The fraction of sp³-hybridized carbons (Fsp3) is 0.150. The maximum Gasteiger partial charge on any atom is 0.124 e. The van der Waals surface area contributed by atoms with E-state index in [0.29, 0.717) is 6.61 Å². The molecule has 0 spiro atoms. The average molecular weight is 339 g/mol. The minimum absolute atomic E-state index is 0.526. The van der Waals surface area contributed by atoms with Crippen LogP contribution in [0.5, 0.6) is 5.75 Å². The standard InChI is InChI=1S/C20H19ClN2O/c21-19-7-5-17(6-8-19)15-24-20-4-2-1-3-18(20)14-23-13-16-9-11-22-12-10-16/h1-12,23H,13-15H2. The molecule has 0 atom stereocenters. The van der Waals surface area contributed by atoms with Gasteiger partial charge < -0.3 is 10.1 Å². The number of pyridine rings is 1. The topological polar surface area (TPSA) is 34.1 Å². The van der Waals surface area contributed by atoms with Crippen LogP contribution in [-0.2, 0) is 19.7 Å². The molecule has 0 radical (unpaired) electrons. The Morgan fingerprint density at radius 1 is 0.833 bits per heavy atom. The number of rotatable bonds is 7. The molecule has 3 rings (SSSR count). The Morgan fingerprint density at radius 3 is 2.38 bits per heavy atom. The minimum Gasteiger partial charge on any atom is -0.489 e. The summed E-state index contributed by atoms with van der Waals surface area (Å²) in [6.07, 6.45) is 3.61. The molecule has 122 valence electrons. The zero-order valence-corrected chi connectivity index (χ0v) is 14.0. The van der Waals surface area contributed by atoms with Gasteiger partial charge in [-0.1, -0.05) is 41.9 Å². The van der Waals surface area contributed by atoms with Crippen molar-refractivity contribution in [2.24, 2.45) is 0 Å². The van der Waals surface area contributed by atoms with Gasteiger partial charge in [0.15, 0.2) is 0 Å². The quantitative estimate of drug-likeness (QED) is 0.683. The number of para-hydroxylation sites is 1. The van der Waals surface area contributed by atoms with Crippen LogP contribution in [0.1, 0.15) is 16.7 Å². The Labute approximate surface area is 147 Å². The summed E-state index contributed by atoms with van der Waals surface area (Å²) in [6.45, 7) is 2.08. The molecule has 1 N–H and O–H groups in total. The second-order valence-corrected chi connectivity index (χ2v) is 5.92. The monoisotopic (exact) mass is 338 g/mol. The molecular formula is C20H19ClN2O. The molecule has 0 saturated heterocycles. The van der Waals surface area contributed by atoms with Crippen molar-refractivity contribution < 1.29 is 4.74 Å². The fourth-order valence-corrected chi connectivity index (χ4v) is 2.50. The van der Waals surface area contributed by atoms with Crippen molar-refractivity contribution in [1.82, 2.24) is 10.3 Å². The molecule has 0 aliphatic heterocycles. The molecule has 4 heteroatoms. The van der Waals surface area contributed by atoms with E-state index in [9.17, 15) is 0 Å². The maximum atomic E-state index is 5.97. The van der Waals surface area contributed by atoms with Gasteiger partial charge in [0.1, 0.15) is 12.4 Å². The van der Waals surface area contributed by atoms with Crippen LogP contribution in [0.3, 0.4) is 0 Å². The third-order valence-electron chi connectivity index (χ3n) is 3.67. The molecule has 0 saturated carbocycles. The first-order valence-electron chi connectivity index (χ1n) is 7.86. The van der Waals surface area contributed by atoms with E-state index in [1.165, 1.54) is 5.56 Å². The van der Waals surface area contributed by atoms with Crippen LogP contribution >= 0.6 is 11.6 Å². The van der Waals surface area contributed by atoms with Gasteiger partial charge in [-0.3, -0.25) is 4.98 Å². The predicted octanol–water partition coefficient (Wildman–Crippen LogP) is 4.60. The highest BCUT2D eigenvalue weighted by Gasteiger charge is 2.03. The molecule has 0 aliphatic rings. The second kappa shape index (κ2) is 8.48. The number of hydrogen-bond acceptors (Lipinski definition) is 3. The number of benzene rings is 2. The highest BCUT2D eigenvalue weighted by atomic mass is 35.5. The van der Waals surface area contributed by atoms with Gasteiger partial charge in [0.25, 0.3) is 0 Å². The number of ether oxygens (including phenoxy) is 1. The van der Waals surface area contributed by atoms with Crippen LogP contribution in [0.2, 0.25) is 5.02 Å². The Hall–Kier alpha value is -2.36. The summed E-state index contributed by atoms with van der Waals surface area (Å²) in [7, 11) is 0. The third kappa shape index (κ3) is 4.82. The maximum absolute atomic E-state index is 5.97. The summed E-state index contributed by atoms with van der Waals surface area (Å²) >= 11 is 5.91. The number of halogens is 1. The Morgan fingerprint density at radius 2 is 1.58 bits per heavy atom. The Balaban J connectivity index is 1.57. The van der Waals surface area contributed by atoms with Gasteiger partial charge in [-0.2, -0.15) is 0 Å². The van der Waals surface area contributed by atoms with E-state index in [-0.39, 0.29) is 0 Å². The van der Waals surface area contributed by atoms with Crippen LogP contribution < -0.4 is 10.1 Å². The van der Waals surface area contributed by atoms with Crippen molar-refractivity contribution in [1.29, 1.82) is 0 Å². The van der Waals surface area contributed by atoms with E-state index < -0.39 is 0 Å². The lowest BCUT2D eigenvalue weighted by atomic mass is 10.2. The number of hydrogen-bond donors (Lipinski definition) is 1. The van der Waals surface area contributed by atoms with Gasteiger partial charge in [0.2, 0.25) is 0 Å². The summed E-state index contributed by atoms with van der Waals surface area (Å²) in [5, 5.41) is 4.17. The van der Waals surface area contributed by atoms with E-state index in [2.05, 4.69) is 16.4 Å². The van der Waals surface area contributed by atoms with Gasteiger partial charge in [0.05, 0.1) is 0 Å². The largest absolute Gasteiger partial charge is 0.489 e. The molecule has 2 aromatic carbocycles. The number of aromatic nitrogens is 1. The molecule has 1 aromatic heterocycles. The highest BCUT2D eigenvalue weighted by molar-refractivity contribution is 6.30. The summed E-state index contributed by atoms with van der Waals surface area (Å²) < 4.78 is 5.97. The first-order chi connectivity index (χ1) is 11.8. The van der Waals surface area contributed by atoms with Gasteiger partial charge in [-0.05, 0) is 41.5 Å². The van der Waals surface area contributed by atoms with Crippen molar-refractivity contribution >= 4 is 11.6 Å². The van der Waals surface area contributed by atoms with Crippen LogP contribution in [-0.4, -0.2) is 4.98 Å². The van der Waals surface area contributed by atoms with Crippen molar-refractivity contribution in [3.05, 3.63) is 94.8 Å². The van der Waals surface area contributed by atoms with Gasteiger partial charge in [-0.25, -0.2) is 0 Å². The smallest absolute Gasteiger partial charge is 0.124 e. The molecular weight excluding hydrogens is 320 g/mol. The molecule has 24 heavy (non-hydrogen) atoms. The Kier molecular flexibility index (Phi) is 5.83. The average Bonchev–Trinajstić information content (AvgIpc) is 2.63. The molecule has 0 bridgehead atoms. The number of nitrogens with zero attached hydrogens (tertiary/aromatic N) is 1. The van der Waals surface area contributed by atoms with Gasteiger partial charge in [0, 0.05) is 36.1 Å². The molecule has 0 amide bonds. The van der Waals surface area contributed by atoms with E-state index >= 15 is 0 Å². The van der Waals surface area contributed by atoms with E-state index in [4.69, 9.17) is 16.3 Å². The SMILES string of the molecule is Clc1ccc(COc2ccccc2CNCc2ccncc2)cc1. The molecule has 3 nitrogen and oxygen atoms in total. The molecule has 0 fully saturated rings. The summed E-state index contributed by atoms with van der Waals surface area (Å²) in [6, 6.07) is 19.8. The molecule has 0 aliphatic carbocycles. The van der Waals surface area contributed by atoms with Crippen molar-refractivity contribution in [3.63, 3.8) is 0 Å². The molecule has 1 heterocycles. The Bertz CT molecular complexity index is 760.